The third kappa shape index (κ3) is 3.63. The lowest BCUT2D eigenvalue weighted by Crippen LogP contribution is -2.44. The molecule has 0 saturated carbocycles. The van der Waals surface area contributed by atoms with Crippen LogP contribution in [0.15, 0.2) is 30.3 Å². The highest BCUT2D eigenvalue weighted by Gasteiger charge is 2.38. The van der Waals surface area contributed by atoms with E-state index in [0.29, 0.717) is 18.3 Å². The maximum absolute atomic E-state index is 12.6. The Hall–Kier alpha value is -1.43. The Balaban J connectivity index is 1.28. The molecule has 1 aromatic carbocycles. The molecule has 3 heterocycles. The van der Waals surface area contributed by atoms with Gasteiger partial charge in [0.15, 0.2) is 0 Å². The largest absolute Gasteiger partial charge is 0.375 e. The van der Waals surface area contributed by atoms with Crippen molar-refractivity contribution in [2.45, 2.75) is 19.1 Å². The lowest BCUT2D eigenvalue weighted by Gasteiger charge is -2.33. The number of likely N-dealkylation sites (tertiary alicyclic amines) is 1. The van der Waals surface area contributed by atoms with E-state index in [1.54, 1.807) is 0 Å². The van der Waals surface area contributed by atoms with Crippen LogP contribution in [0.1, 0.15) is 12.0 Å². The van der Waals surface area contributed by atoms with Gasteiger partial charge in [-0.25, -0.2) is 0 Å². The minimum atomic E-state index is 0.0357. The number of amides is 1. The maximum Gasteiger partial charge on any atom is 0.225 e. The number of nitrogens with one attached hydrogen (secondary N) is 1. The van der Waals surface area contributed by atoms with Gasteiger partial charge in [-0.05, 0) is 17.4 Å². The number of rotatable bonds is 4. The number of hydrogen-bond acceptors (Lipinski definition) is 4. The van der Waals surface area contributed by atoms with Crippen molar-refractivity contribution in [3.05, 3.63) is 35.9 Å². The van der Waals surface area contributed by atoms with Crippen LogP contribution in [0.5, 0.6) is 0 Å². The topological polar surface area (TPSA) is 44.8 Å². The number of carbonyl (C=O) groups excluding carboxylic acids is 1. The monoisotopic (exact) mass is 329 g/mol. The molecular formula is C19H27N3O2. The highest BCUT2D eigenvalue weighted by atomic mass is 16.5. The number of hydrogen-bond donors (Lipinski definition) is 1. The summed E-state index contributed by atoms with van der Waals surface area (Å²) in [5.74, 6) is 1.60. The SMILES string of the molecule is O=C(CC1CN(Cc2ccccc2)CCO1)N1C[C@H]2CNC[C@H]2C1. The van der Waals surface area contributed by atoms with Gasteiger partial charge in [-0.1, -0.05) is 30.3 Å². The highest BCUT2D eigenvalue weighted by Crippen LogP contribution is 2.27. The van der Waals surface area contributed by atoms with E-state index >= 15 is 0 Å². The molecule has 130 valence electrons. The van der Waals surface area contributed by atoms with Crippen molar-refractivity contribution in [2.24, 2.45) is 11.8 Å². The average Bonchev–Trinajstić information content (AvgIpc) is 3.18. The number of morpholine rings is 1. The normalized spacial score (nSPS) is 30.5. The van der Waals surface area contributed by atoms with Crippen LogP contribution in [0.25, 0.3) is 0 Å². The number of benzene rings is 1. The molecule has 5 heteroatoms. The predicted molar refractivity (Wildman–Crippen MR) is 92.5 cm³/mol. The van der Waals surface area contributed by atoms with Gasteiger partial charge in [0, 0.05) is 45.8 Å². The van der Waals surface area contributed by atoms with Gasteiger partial charge in [0.05, 0.1) is 19.1 Å². The van der Waals surface area contributed by atoms with Gasteiger partial charge in [0.2, 0.25) is 5.91 Å². The van der Waals surface area contributed by atoms with Crippen molar-refractivity contribution in [1.82, 2.24) is 15.1 Å². The van der Waals surface area contributed by atoms with E-state index in [2.05, 4.69) is 39.4 Å². The molecule has 0 radical (unpaired) electrons. The second-order valence-electron chi connectivity index (χ2n) is 7.39. The fraction of sp³-hybridized carbons (Fsp3) is 0.632. The van der Waals surface area contributed by atoms with Crippen molar-refractivity contribution in [3.8, 4) is 0 Å². The minimum Gasteiger partial charge on any atom is -0.375 e. The Kier molecular flexibility index (Phi) is 4.83. The second kappa shape index (κ2) is 7.21. The predicted octanol–water partition coefficient (Wildman–Crippen LogP) is 0.955. The Bertz CT molecular complexity index is 553. The zero-order valence-electron chi connectivity index (χ0n) is 14.2. The van der Waals surface area contributed by atoms with Gasteiger partial charge in [-0.3, -0.25) is 9.69 Å². The van der Waals surface area contributed by atoms with E-state index < -0.39 is 0 Å². The zero-order chi connectivity index (χ0) is 16.4. The van der Waals surface area contributed by atoms with E-state index in [1.165, 1.54) is 5.56 Å². The molecule has 1 N–H and O–H groups in total. The molecule has 0 aliphatic carbocycles. The molecule has 1 unspecified atom stereocenters. The smallest absolute Gasteiger partial charge is 0.225 e. The van der Waals surface area contributed by atoms with Gasteiger partial charge in [0.1, 0.15) is 0 Å². The molecule has 1 aromatic rings. The number of carbonyl (C=O) groups is 1. The van der Waals surface area contributed by atoms with Crippen molar-refractivity contribution in [1.29, 1.82) is 0 Å². The van der Waals surface area contributed by atoms with Crippen LogP contribution in [0.3, 0.4) is 0 Å². The number of ether oxygens (including phenoxy) is 1. The summed E-state index contributed by atoms with van der Waals surface area (Å²) in [5, 5.41) is 3.42. The fourth-order valence-electron chi connectivity index (χ4n) is 4.27. The molecule has 3 aliphatic rings. The van der Waals surface area contributed by atoms with E-state index in [1.807, 2.05) is 6.07 Å². The average molecular weight is 329 g/mol. The Labute approximate surface area is 144 Å². The second-order valence-corrected chi connectivity index (χ2v) is 7.39. The molecule has 0 aromatic heterocycles. The molecular weight excluding hydrogens is 302 g/mol. The molecule has 3 fully saturated rings. The van der Waals surface area contributed by atoms with Gasteiger partial charge < -0.3 is 15.0 Å². The lowest BCUT2D eigenvalue weighted by atomic mass is 10.0. The van der Waals surface area contributed by atoms with Crippen LogP contribution in [0.2, 0.25) is 0 Å². The molecule has 0 spiro atoms. The highest BCUT2D eigenvalue weighted by molar-refractivity contribution is 5.77. The third-order valence-corrected chi connectivity index (χ3v) is 5.62. The van der Waals surface area contributed by atoms with Crippen LogP contribution in [-0.4, -0.2) is 67.7 Å². The first-order valence-electron chi connectivity index (χ1n) is 9.14. The first-order chi connectivity index (χ1) is 11.8. The summed E-state index contributed by atoms with van der Waals surface area (Å²) in [7, 11) is 0. The summed E-state index contributed by atoms with van der Waals surface area (Å²) >= 11 is 0. The summed E-state index contributed by atoms with van der Waals surface area (Å²) < 4.78 is 5.87. The van der Waals surface area contributed by atoms with Crippen molar-refractivity contribution < 1.29 is 9.53 Å². The summed E-state index contributed by atoms with van der Waals surface area (Å²) in [5.41, 5.74) is 1.32. The van der Waals surface area contributed by atoms with Crippen LogP contribution >= 0.6 is 0 Å². The molecule has 3 atom stereocenters. The van der Waals surface area contributed by atoms with Crippen LogP contribution < -0.4 is 5.32 Å². The van der Waals surface area contributed by atoms with Crippen molar-refractivity contribution in [2.75, 3.05) is 45.9 Å². The van der Waals surface area contributed by atoms with E-state index in [-0.39, 0.29) is 12.0 Å². The summed E-state index contributed by atoms with van der Waals surface area (Å²) in [6, 6.07) is 10.5. The van der Waals surface area contributed by atoms with Crippen molar-refractivity contribution >= 4 is 5.91 Å². The van der Waals surface area contributed by atoms with Crippen LogP contribution in [0, 0.1) is 11.8 Å². The summed E-state index contributed by atoms with van der Waals surface area (Å²) in [6.07, 6.45) is 0.562. The first-order valence-corrected chi connectivity index (χ1v) is 9.14. The minimum absolute atomic E-state index is 0.0357. The molecule has 3 saturated heterocycles. The standard InChI is InChI=1S/C19H27N3O2/c23-19(22-12-16-9-20-10-17(16)13-22)8-18-14-21(6-7-24-18)11-15-4-2-1-3-5-15/h1-5,16-18,20H,6-14H2/t16-,17+,18?. The van der Waals surface area contributed by atoms with Crippen molar-refractivity contribution in [3.63, 3.8) is 0 Å². The molecule has 3 aliphatic heterocycles. The van der Waals surface area contributed by atoms with Crippen LogP contribution in [-0.2, 0) is 16.1 Å². The molecule has 5 nitrogen and oxygen atoms in total. The van der Waals surface area contributed by atoms with Gasteiger partial charge in [0.25, 0.3) is 0 Å². The Morgan fingerprint density at radius 2 is 1.88 bits per heavy atom. The molecule has 1 amide bonds. The number of nitrogens with zero attached hydrogens (tertiary/aromatic N) is 2. The van der Waals surface area contributed by atoms with Gasteiger partial charge in [-0.2, -0.15) is 0 Å². The summed E-state index contributed by atoms with van der Waals surface area (Å²) in [6.45, 7) is 7.45. The number of fused-ring (bicyclic) bond motifs is 1. The fourth-order valence-corrected chi connectivity index (χ4v) is 4.27. The Morgan fingerprint density at radius 1 is 1.12 bits per heavy atom. The molecule has 4 rings (SSSR count). The first kappa shape index (κ1) is 16.1. The third-order valence-electron chi connectivity index (χ3n) is 5.62. The lowest BCUT2D eigenvalue weighted by molar-refractivity contribution is -0.135. The van der Waals surface area contributed by atoms with E-state index in [0.717, 1.165) is 52.4 Å². The maximum atomic E-state index is 12.6. The van der Waals surface area contributed by atoms with E-state index in [9.17, 15) is 4.79 Å². The molecule has 24 heavy (non-hydrogen) atoms. The molecule has 0 bridgehead atoms. The van der Waals surface area contributed by atoms with Gasteiger partial charge in [-0.15, -0.1) is 0 Å². The summed E-state index contributed by atoms with van der Waals surface area (Å²) in [4.78, 5) is 17.1. The van der Waals surface area contributed by atoms with Crippen LogP contribution in [0.4, 0.5) is 0 Å². The van der Waals surface area contributed by atoms with E-state index in [4.69, 9.17) is 4.74 Å². The zero-order valence-corrected chi connectivity index (χ0v) is 14.2. The Morgan fingerprint density at radius 3 is 2.62 bits per heavy atom. The van der Waals surface area contributed by atoms with Gasteiger partial charge >= 0.3 is 0 Å². The quantitative estimate of drug-likeness (QED) is 0.894.